The molecule has 0 spiro atoms. The molecule has 4 heteroatoms. The van der Waals surface area contributed by atoms with E-state index < -0.39 is 5.60 Å². The summed E-state index contributed by atoms with van der Waals surface area (Å²) in [6.45, 7) is 7.24. The fourth-order valence-electron chi connectivity index (χ4n) is 3.65. The average molecular weight is 313 g/mol. The van der Waals surface area contributed by atoms with Crippen molar-refractivity contribution in [2.45, 2.75) is 64.0 Å². The molecule has 1 fully saturated rings. The van der Waals surface area contributed by atoms with Crippen LogP contribution >= 0.6 is 0 Å². The number of rotatable bonds is 4. The van der Waals surface area contributed by atoms with Gasteiger partial charge in [0.1, 0.15) is 12.7 Å². The van der Waals surface area contributed by atoms with Gasteiger partial charge in [0.05, 0.1) is 12.1 Å². The topological polar surface area (TPSA) is 50.9 Å². The summed E-state index contributed by atoms with van der Waals surface area (Å²) >= 11 is 0. The molecule has 0 amide bonds. The zero-order valence-corrected chi connectivity index (χ0v) is 14.4. The SMILES string of the molecule is CC(C)(C)c1ccc(CC2CCCC2(O)Cn2cncn2)cc1. The molecule has 4 nitrogen and oxygen atoms in total. The van der Waals surface area contributed by atoms with Crippen molar-refractivity contribution >= 4 is 0 Å². The molecule has 2 aromatic rings. The summed E-state index contributed by atoms with van der Waals surface area (Å²) < 4.78 is 1.75. The average Bonchev–Trinajstić information content (AvgIpc) is 3.10. The molecular formula is C19H27N3O. The Labute approximate surface area is 138 Å². The standard InChI is InChI=1S/C19H27N3O/c1-18(2,3)16-8-6-15(7-9-16)11-17-5-4-10-19(17,23)12-22-14-20-13-21-22/h6-9,13-14,17,23H,4-5,10-12H2,1-3H3. The maximum absolute atomic E-state index is 11.1. The van der Waals surface area contributed by atoms with Gasteiger partial charge >= 0.3 is 0 Å². The first kappa shape index (κ1) is 16.2. The Bertz CT molecular complexity index is 628. The molecule has 3 rings (SSSR count). The van der Waals surface area contributed by atoms with E-state index >= 15 is 0 Å². The highest BCUT2D eigenvalue weighted by Gasteiger charge is 2.41. The predicted molar refractivity (Wildman–Crippen MR) is 91.2 cm³/mol. The van der Waals surface area contributed by atoms with E-state index in [-0.39, 0.29) is 11.3 Å². The van der Waals surface area contributed by atoms with E-state index in [2.05, 4.69) is 55.1 Å². The number of hydrogen-bond donors (Lipinski definition) is 1. The van der Waals surface area contributed by atoms with Crippen LogP contribution in [0.25, 0.3) is 0 Å². The monoisotopic (exact) mass is 313 g/mol. The molecule has 0 saturated heterocycles. The van der Waals surface area contributed by atoms with Crippen LogP contribution in [-0.2, 0) is 18.4 Å². The first-order valence-corrected chi connectivity index (χ1v) is 8.51. The third-order valence-corrected chi connectivity index (χ3v) is 5.13. The van der Waals surface area contributed by atoms with Crippen molar-refractivity contribution in [3.63, 3.8) is 0 Å². The maximum atomic E-state index is 11.1. The summed E-state index contributed by atoms with van der Waals surface area (Å²) in [5.41, 5.74) is 2.17. The van der Waals surface area contributed by atoms with Crippen molar-refractivity contribution in [3.8, 4) is 0 Å². The normalized spacial score (nSPS) is 25.0. The van der Waals surface area contributed by atoms with E-state index in [1.165, 1.54) is 17.5 Å². The second-order valence-corrected chi connectivity index (χ2v) is 7.94. The fourth-order valence-corrected chi connectivity index (χ4v) is 3.65. The van der Waals surface area contributed by atoms with E-state index in [0.29, 0.717) is 6.54 Å². The van der Waals surface area contributed by atoms with Crippen LogP contribution in [0.3, 0.4) is 0 Å². The van der Waals surface area contributed by atoms with Crippen molar-refractivity contribution in [1.82, 2.24) is 14.8 Å². The fraction of sp³-hybridized carbons (Fsp3) is 0.579. The molecule has 0 aliphatic heterocycles. The van der Waals surface area contributed by atoms with Gasteiger partial charge in [0, 0.05) is 0 Å². The third kappa shape index (κ3) is 3.63. The van der Waals surface area contributed by atoms with Gasteiger partial charge in [-0.05, 0) is 41.7 Å². The van der Waals surface area contributed by atoms with Gasteiger partial charge in [-0.2, -0.15) is 5.10 Å². The second-order valence-electron chi connectivity index (χ2n) is 7.94. The minimum absolute atomic E-state index is 0.180. The maximum Gasteiger partial charge on any atom is 0.137 e. The van der Waals surface area contributed by atoms with Gasteiger partial charge in [-0.1, -0.05) is 51.5 Å². The van der Waals surface area contributed by atoms with Crippen LogP contribution in [0.2, 0.25) is 0 Å². The molecule has 124 valence electrons. The summed E-state index contributed by atoms with van der Waals surface area (Å²) in [5, 5.41) is 15.2. The lowest BCUT2D eigenvalue weighted by molar-refractivity contribution is -0.0163. The predicted octanol–water partition coefficient (Wildman–Crippen LogP) is 3.35. The lowest BCUT2D eigenvalue weighted by Crippen LogP contribution is -2.39. The largest absolute Gasteiger partial charge is 0.388 e. The second kappa shape index (κ2) is 6.08. The summed E-state index contributed by atoms with van der Waals surface area (Å²) in [7, 11) is 0. The Kier molecular flexibility index (Phi) is 4.28. The molecule has 1 aliphatic carbocycles. The van der Waals surface area contributed by atoms with Gasteiger partial charge < -0.3 is 5.11 Å². The smallest absolute Gasteiger partial charge is 0.137 e. The van der Waals surface area contributed by atoms with Crippen LogP contribution in [-0.4, -0.2) is 25.5 Å². The van der Waals surface area contributed by atoms with Gasteiger partial charge in [0.2, 0.25) is 0 Å². The molecule has 1 aromatic heterocycles. The van der Waals surface area contributed by atoms with Gasteiger partial charge in [0.15, 0.2) is 0 Å². The first-order chi connectivity index (χ1) is 10.9. The van der Waals surface area contributed by atoms with Crippen molar-refractivity contribution in [3.05, 3.63) is 48.0 Å². The van der Waals surface area contributed by atoms with E-state index in [1.807, 2.05) is 0 Å². The zero-order chi connectivity index (χ0) is 16.5. The Morgan fingerprint density at radius 3 is 2.61 bits per heavy atom. The van der Waals surface area contributed by atoms with Crippen LogP contribution in [0.5, 0.6) is 0 Å². The summed E-state index contributed by atoms with van der Waals surface area (Å²) in [4.78, 5) is 3.98. The van der Waals surface area contributed by atoms with Gasteiger partial charge in [0.25, 0.3) is 0 Å². The first-order valence-electron chi connectivity index (χ1n) is 8.51. The van der Waals surface area contributed by atoms with E-state index in [9.17, 15) is 5.11 Å². The number of aliphatic hydroxyl groups is 1. The van der Waals surface area contributed by atoms with E-state index in [4.69, 9.17) is 0 Å². The van der Waals surface area contributed by atoms with Crippen molar-refractivity contribution < 1.29 is 5.11 Å². The highest BCUT2D eigenvalue weighted by molar-refractivity contribution is 5.28. The quantitative estimate of drug-likeness (QED) is 0.942. The van der Waals surface area contributed by atoms with Gasteiger partial charge in [-0.3, -0.25) is 4.68 Å². The summed E-state index contributed by atoms with van der Waals surface area (Å²) in [6, 6.07) is 8.88. The Balaban J connectivity index is 1.71. The highest BCUT2D eigenvalue weighted by Crippen LogP contribution is 2.39. The molecule has 1 aromatic carbocycles. The van der Waals surface area contributed by atoms with E-state index in [0.717, 1.165) is 25.7 Å². The minimum Gasteiger partial charge on any atom is -0.388 e. The molecule has 2 atom stereocenters. The summed E-state index contributed by atoms with van der Waals surface area (Å²) in [5.74, 6) is 0.284. The Morgan fingerprint density at radius 2 is 2.00 bits per heavy atom. The van der Waals surface area contributed by atoms with Crippen molar-refractivity contribution in [2.75, 3.05) is 0 Å². The minimum atomic E-state index is -0.670. The van der Waals surface area contributed by atoms with Crippen molar-refractivity contribution in [1.29, 1.82) is 0 Å². The Morgan fingerprint density at radius 1 is 1.26 bits per heavy atom. The van der Waals surface area contributed by atoms with Gasteiger partial charge in [-0.15, -0.1) is 0 Å². The van der Waals surface area contributed by atoms with Crippen LogP contribution in [0, 0.1) is 5.92 Å². The molecule has 1 heterocycles. The third-order valence-electron chi connectivity index (χ3n) is 5.13. The molecule has 23 heavy (non-hydrogen) atoms. The van der Waals surface area contributed by atoms with Crippen LogP contribution in [0.1, 0.15) is 51.2 Å². The van der Waals surface area contributed by atoms with Crippen LogP contribution < -0.4 is 0 Å². The number of aromatic nitrogens is 3. The summed E-state index contributed by atoms with van der Waals surface area (Å²) in [6.07, 6.45) is 7.14. The van der Waals surface area contributed by atoms with Crippen LogP contribution in [0.15, 0.2) is 36.9 Å². The molecule has 0 bridgehead atoms. The highest BCUT2D eigenvalue weighted by atomic mass is 16.3. The molecule has 1 N–H and O–H groups in total. The molecule has 2 unspecified atom stereocenters. The number of benzene rings is 1. The molecule has 1 aliphatic rings. The Hall–Kier alpha value is -1.68. The number of nitrogens with zero attached hydrogens (tertiary/aromatic N) is 3. The molecular weight excluding hydrogens is 286 g/mol. The lowest BCUT2D eigenvalue weighted by atomic mass is 9.83. The molecule has 1 saturated carbocycles. The van der Waals surface area contributed by atoms with Crippen LogP contribution in [0.4, 0.5) is 0 Å². The van der Waals surface area contributed by atoms with Gasteiger partial charge in [-0.25, -0.2) is 4.98 Å². The zero-order valence-electron chi connectivity index (χ0n) is 14.4. The lowest BCUT2D eigenvalue weighted by Gasteiger charge is -2.30. The van der Waals surface area contributed by atoms with E-state index in [1.54, 1.807) is 11.0 Å². The van der Waals surface area contributed by atoms with Crippen molar-refractivity contribution in [2.24, 2.45) is 5.92 Å². The number of hydrogen-bond acceptors (Lipinski definition) is 3. The molecule has 0 radical (unpaired) electrons.